The van der Waals surface area contributed by atoms with Crippen LogP contribution in [0.15, 0.2) is 48.5 Å². The van der Waals surface area contributed by atoms with Gasteiger partial charge in [-0.05, 0) is 23.8 Å². The van der Waals surface area contributed by atoms with Gasteiger partial charge in [0.2, 0.25) is 0 Å². The minimum absolute atomic E-state index is 0.210. The number of nitrogens with one attached hydrogen (secondary N) is 3. The molecule has 4 amide bonds. The topological polar surface area (TPSA) is 132 Å². The number of nitrogens with two attached hydrogens (primary N) is 1. The third-order valence-corrected chi connectivity index (χ3v) is 3.86. The van der Waals surface area contributed by atoms with Gasteiger partial charge in [0, 0.05) is 12.0 Å². The summed E-state index contributed by atoms with van der Waals surface area (Å²) in [4.78, 5) is 35.9. The number of carbonyl (C=O) groups excluding carboxylic acids is 3. The molecule has 2 aromatic carbocycles. The number of hydrazine groups is 1. The second-order valence-electron chi connectivity index (χ2n) is 5.76. The molecule has 2 rings (SSSR count). The van der Waals surface area contributed by atoms with Gasteiger partial charge in [0.1, 0.15) is 6.04 Å². The lowest BCUT2D eigenvalue weighted by molar-refractivity contribution is -0.123. The van der Waals surface area contributed by atoms with Gasteiger partial charge in [0.25, 0.3) is 11.8 Å². The van der Waals surface area contributed by atoms with Gasteiger partial charge >= 0.3 is 6.03 Å². The van der Waals surface area contributed by atoms with Crippen molar-refractivity contribution in [3.05, 3.63) is 59.7 Å². The van der Waals surface area contributed by atoms with E-state index in [-0.39, 0.29) is 12.0 Å². The largest absolute Gasteiger partial charge is 0.493 e. The molecule has 0 aliphatic rings. The highest BCUT2D eigenvalue weighted by molar-refractivity contribution is 5.96. The molecular weight excluding hydrogens is 364 g/mol. The highest BCUT2D eigenvalue weighted by atomic mass is 16.5. The Kier molecular flexibility index (Phi) is 7.21. The molecule has 0 saturated heterocycles. The first-order valence-electron chi connectivity index (χ1n) is 8.36. The van der Waals surface area contributed by atoms with Gasteiger partial charge in [-0.25, -0.2) is 4.79 Å². The zero-order valence-electron chi connectivity index (χ0n) is 15.5. The van der Waals surface area contributed by atoms with E-state index < -0.39 is 23.9 Å². The molecule has 0 spiro atoms. The summed E-state index contributed by atoms with van der Waals surface area (Å²) in [6.07, 6.45) is 0.210. The van der Waals surface area contributed by atoms with Crippen molar-refractivity contribution in [3.8, 4) is 11.5 Å². The van der Waals surface area contributed by atoms with E-state index in [0.29, 0.717) is 11.5 Å². The zero-order valence-corrected chi connectivity index (χ0v) is 15.5. The van der Waals surface area contributed by atoms with Crippen molar-refractivity contribution in [2.24, 2.45) is 5.73 Å². The second kappa shape index (κ2) is 9.81. The number of amides is 4. The Balaban J connectivity index is 2.02. The maximum absolute atomic E-state index is 12.4. The summed E-state index contributed by atoms with van der Waals surface area (Å²) in [5, 5.41) is 2.36. The quantitative estimate of drug-likeness (QED) is 0.521. The van der Waals surface area contributed by atoms with Crippen LogP contribution in [0.1, 0.15) is 15.9 Å². The predicted octanol–water partition coefficient (Wildman–Crippen LogP) is 0.744. The number of urea groups is 1. The minimum Gasteiger partial charge on any atom is -0.493 e. The molecule has 5 N–H and O–H groups in total. The fourth-order valence-corrected chi connectivity index (χ4v) is 2.49. The van der Waals surface area contributed by atoms with Gasteiger partial charge in [-0.15, -0.1) is 0 Å². The summed E-state index contributed by atoms with van der Waals surface area (Å²) in [7, 11) is 2.93. The molecule has 0 aliphatic carbocycles. The Hall–Kier alpha value is -3.75. The van der Waals surface area contributed by atoms with E-state index >= 15 is 0 Å². The number of rotatable bonds is 7. The van der Waals surface area contributed by atoms with Crippen LogP contribution in [-0.4, -0.2) is 38.1 Å². The van der Waals surface area contributed by atoms with E-state index in [0.717, 1.165) is 5.56 Å². The van der Waals surface area contributed by atoms with Crippen LogP contribution < -0.4 is 31.4 Å². The molecule has 0 bridgehead atoms. The SMILES string of the molecule is COc1ccc(C(=O)NNC(=O)C(Cc2ccccc2)NC(N)=O)cc1OC. The smallest absolute Gasteiger partial charge is 0.312 e. The average Bonchev–Trinajstić information content (AvgIpc) is 2.71. The fraction of sp³-hybridized carbons (Fsp3) is 0.211. The van der Waals surface area contributed by atoms with Crippen molar-refractivity contribution in [3.63, 3.8) is 0 Å². The Morgan fingerprint density at radius 1 is 0.964 bits per heavy atom. The van der Waals surface area contributed by atoms with Gasteiger partial charge in [-0.1, -0.05) is 30.3 Å². The fourth-order valence-electron chi connectivity index (χ4n) is 2.49. The zero-order chi connectivity index (χ0) is 20.5. The number of benzene rings is 2. The first kappa shape index (κ1) is 20.6. The molecule has 0 heterocycles. The highest BCUT2D eigenvalue weighted by Gasteiger charge is 2.21. The van der Waals surface area contributed by atoms with E-state index in [1.165, 1.54) is 26.4 Å². The van der Waals surface area contributed by atoms with E-state index in [1.54, 1.807) is 6.07 Å². The van der Waals surface area contributed by atoms with Gasteiger partial charge < -0.3 is 20.5 Å². The van der Waals surface area contributed by atoms with Gasteiger partial charge in [-0.2, -0.15) is 0 Å². The maximum Gasteiger partial charge on any atom is 0.312 e. The molecule has 0 aromatic heterocycles. The van der Waals surface area contributed by atoms with Crippen molar-refractivity contribution in [2.45, 2.75) is 12.5 Å². The Morgan fingerprint density at radius 2 is 1.64 bits per heavy atom. The summed E-state index contributed by atoms with van der Waals surface area (Å²) in [5.41, 5.74) is 10.8. The second-order valence-corrected chi connectivity index (χ2v) is 5.76. The number of carbonyl (C=O) groups is 3. The van der Waals surface area contributed by atoms with E-state index in [2.05, 4.69) is 16.2 Å². The number of hydrogen-bond acceptors (Lipinski definition) is 5. The first-order chi connectivity index (χ1) is 13.4. The summed E-state index contributed by atoms with van der Waals surface area (Å²) in [6.45, 7) is 0. The molecule has 9 nitrogen and oxygen atoms in total. The van der Waals surface area contributed by atoms with E-state index in [9.17, 15) is 14.4 Å². The lowest BCUT2D eigenvalue weighted by Crippen LogP contribution is -2.54. The summed E-state index contributed by atoms with van der Waals surface area (Å²) in [6, 6.07) is 11.9. The molecule has 0 fully saturated rings. The lowest BCUT2D eigenvalue weighted by Gasteiger charge is -2.18. The van der Waals surface area contributed by atoms with Crippen LogP contribution in [0.4, 0.5) is 4.79 Å². The molecule has 9 heteroatoms. The van der Waals surface area contributed by atoms with Crippen molar-refractivity contribution in [1.82, 2.24) is 16.2 Å². The Bertz CT molecular complexity index is 841. The summed E-state index contributed by atoms with van der Waals surface area (Å²) < 4.78 is 10.3. The summed E-state index contributed by atoms with van der Waals surface area (Å²) in [5.74, 6) is -0.334. The first-order valence-corrected chi connectivity index (χ1v) is 8.36. The number of ether oxygens (including phenoxy) is 2. The molecule has 2 aromatic rings. The molecular formula is C19H22N4O5. The van der Waals surface area contributed by atoms with Crippen LogP contribution in [0.25, 0.3) is 0 Å². The van der Waals surface area contributed by atoms with Crippen LogP contribution in [0.2, 0.25) is 0 Å². The molecule has 28 heavy (non-hydrogen) atoms. The minimum atomic E-state index is -0.953. The molecule has 1 unspecified atom stereocenters. The van der Waals surface area contributed by atoms with Crippen LogP contribution in [0.3, 0.4) is 0 Å². The lowest BCUT2D eigenvalue weighted by atomic mass is 10.1. The predicted molar refractivity (Wildman–Crippen MR) is 102 cm³/mol. The molecule has 0 radical (unpaired) electrons. The van der Waals surface area contributed by atoms with Crippen molar-refractivity contribution >= 4 is 17.8 Å². The van der Waals surface area contributed by atoms with Gasteiger partial charge in [0.15, 0.2) is 11.5 Å². The standard InChI is InChI=1S/C19H22N4O5/c1-27-15-9-8-13(11-16(15)28-2)17(24)22-23-18(25)14(21-19(20)26)10-12-6-4-3-5-7-12/h3-9,11,14H,10H2,1-2H3,(H,22,24)(H,23,25)(H3,20,21,26). The molecule has 1 atom stereocenters. The third-order valence-electron chi connectivity index (χ3n) is 3.86. The average molecular weight is 386 g/mol. The normalized spacial score (nSPS) is 11.1. The Labute approximate surface area is 162 Å². The molecule has 0 aliphatic heterocycles. The van der Waals surface area contributed by atoms with Gasteiger partial charge in [-0.3, -0.25) is 20.4 Å². The van der Waals surface area contributed by atoms with Crippen LogP contribution in [0, 0.1) is 0 Å². The maximum atomic E-state index is 12.4. The third kappa shape index (κ3) is 5.63. The Morgan fingerprint density at radius 3 is 2.25 bits per heavy atom. The van der Waals surface area contributed by atoms with Crippen LogP contribution in [-0.2, 0) is 11.2 Å². The van der Waals surface area contributed by atoms with Crippen LogP contribution >= 0.6 is 0 Å². The highest BCUT2D eigenvalue weighted by Crippen LogP contribution is 2.27. The summed E-state index contributed by atoms with van der Waals surface area (Å²) >= 11 is 0. The molecule has 148 valence electrons. The van der Waals surface area contributed by atoms with E-state index in [1.807, 2.05) is 30.3 Å². The number of primary amides is 1. The van der Waals surface area contributed by atoms with Crippen molar-refractivity contribution in [2.75, 3.05) is 14.2 Å². The van der Waals surface area contributed by atoms with Gasteiger partial charge in [0.05, 0.1) is 14.2 Å². The molecule has 0 saturated carbocycles. The van der Waals surface area contributed by atoms with E-state index in [4.69, 9.17) is 15.2 Å². The number of methoxy groups -OCH3 is 2. The number of hydrogen-bond donors (Lipinski definition) is 4. The van der Waals surface area contributed by atoms with Crippen molar-refractivity contribution in [1.29, 1.82) is 0 Å². The van der Waals surface area contributed by atoms with Crippen LogP contribution in [0.5, 0.6) is 11.5 Å². The monoisotopic (exact) mass is 386 g/mol. The van der Waals surface area contributed by atoms with Crippen molar-refractivity contribution < 1.29 is 23.9 Å².